The quantitative estimate of drug-likeness (QED) is 0.279. The lowest BCUT2D eigenvalue weighted by Gasteiger charge is -2.59. The van der Waals surface area contributed by atoms with Gasteiger partial charge in [-0.05, 0) is 87.4 Å². The summed E-state index contributed by atoms with van der Waals surface area (Å²) in [6.45, 7) is 10.4. The van der Waals surface area contributed by atoms with Gasteiger partial charge in [-0.2, -0.15) is 0 Å². The molecule has 8 atom stereocenters. The Morgan fingerprint density at radius 2 is 1.90 bits per heavy atom. The lowest BCUT2D eigenvalue weighted by Crippen LogP contribution is -2.53. The van der Waals surface area contributed by atoms with E-state index >= 15 is 0 Å². The molecule has 0 unspecified atom stereocenters. The van der Waals surface area contributed by atoms with Crippen LogP contribution in [0.25, 0.3) is 0 Å². The van der Waals surface area contributed by atoms with Crippen LogP contribution in [0.3, 0.4) is 0 Å². The zero-order valence-corrected chi connectivity index (χ0v) is 19.5. The molecular formula is C26H42O4. The average molecular weight is 419 g/mol. The highest BCUT2D eigenvalue weighted by molar-refractivity contribution is 5.60. The molecule has 0 aromatic heterocycles. The van der Waals surface area contributed by atoms with Gasteiger partial charge in [0.05, 0.1) is 12.7 Å². The Hall–Kier alpha value is -1.03. The molecule has 3 saturated carbocycles. The van der Waals surface area contributed by atoms with E-state index in [2.05, 4.69) is 39.8 Å². The molecule has 0 saturated heterocycles. The Bertz CT molecular complexity index is 645. The summed E-state index contributed by atoms with van der Waals surface area (Å²) >= 11 is 0. The van der Waals surface area contributed by atoms with Crippen molar-refractivity contribution in [1.82, 2.24) is 0 Å². The highest BCUT2D eigenvalue weighted by Crippen LogP contribution is 2.65. The number of rotatable bonds is 6. The van der Waals surface area contributed by atoms with Crippen molar-refractivity contribution in [2.45, 2.75) is 97.7 Å². The van der Waals surface area contributed by atoms with E-state index in [0.29, 0.717) is 24.0 Å². The zero-order valence-electron chi connectivity index (χ0n) is 19.5. The standard InChI is InChI=1S/C26H42O4/c1-5-7-16-29-24(27)30-23-11-10-21-20-9-8-18-17-19(28-6-2)12-14-25(18,3)22(20)13-15-26(21,23)4/h12,14,18-23H,5-11,13,15-17H2,1-4H3/t18-,19-,20-,21-,22-,23-,25-,26-/m0/s1. The summed E-state index contributed by atoms with van der Waals surface area (Å²) in [5.74, 6) is 2.92. The summed E-state index contributed by atoms with van der Waals surface area (Å²) in [5.41, 5.74) is 0.413. The van der Waals surface area contributed by atoms with Gasteiger partial charge < -0.3 is 14.2 Å². The van der Waals surface area contributed by atoms with Crippen molar-refractivity contribution in [2.24, 2.45) is 34.5 Å². The van der Waals surface area contributed by atoms with Crippen molar-refractivity contribution in [1.29, 1.82) is 0 Å². The number of fused-ring (bicyclic) bond motifs is 5. The molecule has 0 heterocycles. The molecule has 0 bridgehead atoms. The molecule has 0 spiro atoms. The van der Waals surface area contributed by atoms with Gasteiger partial charge in [0.1, 0.15) is 6.10 Å². The van der Waals surface area contributed by atoms with Crippen LogP contribution in [0.4, 0.5) is 4.79 Å². The maximum absolute atomic E-state index is 12.2. The van der Waals surface area contributed by atoms with Crippen molar-refractivity contribution in [3.8, 4) is 0 Å². The van der Waals surface area contributed by atoms with Crippen molar-refractivity contribution in [2.75, 3.05) is 13.2 Å². The molecular weight excluding hydrogens is 376 g/mol. The first-order chi connectivity index (χ1) is 14.4. The minimum Gasteiger partial charge on any atom is -0.434 e. The van der Waals surface area contributed by atoms with Crippen LogP contribution in [0.5, 0.6) is 0 Å². The number of hydrogen-bond acceptors (Lipinski definition) is 4. The van der Waals surface area contributed by atoms with Gasteiger partial charge in [-0.15, -0.1) is 0 Å². The molecule has 30 heavy (non-hydrogen) atoms. The van der Waals surface area contributed by atoms with E-state index in [0.717, 1.165) is 50.0 Å². The Labute approximate surface area is 183 Å². The third-order valence-corrected chi connectivity index (χ3v) is 9.40. The average Bonchev–Trinajstić information content (AvgIpc) is 3.05. The third-order valence-electron chi connectivity index (χ3n) is 9.40. The number of ether oxygens (including phenoxy) is 3. The molecule has 3 fully saturated rings. The van der Waals surface area contributed by atoms with Crippen molar-refractivity contribution < 1.29 is 19.0 Å². The Balaban J connectivity index is 1.45. The van der Waals surface area contributed by atoms with Gasteiger partial charge >= 0.3 is 6.16 Å². The minimum atomic E-state index is -0.453. The van der Waals surface area contributed by atoms with Gasteiger partial charge in [0.25, 0.3) is 0 Å². The molecule has 0 aromatic carbocycles. The first kappa shape index (κ1) is 22.2. The number of hydrogen-bond donors (Lipinski definition) is 0. The molecule has 0 amide bonds. The second-order valence-corrected chi connectivity index (χ2v) is 10.8. The van der Waals surface area contributed by atoms with Gasteiger partial charge in [0.15, 0.2) is 0 Å². The second-order valence-electron chi connectivity index (χ2n) is 10.8. The summed E-state index contributed by atoms with van der Waals surface area (Å²) < 4.78 is 17.1. The molecule has 4 aliphatic rings. The topological polar surface area (TPSA) is 44.8 Å². The van der Waals surface area contributed by atoms with Gasteiger partial charge in [-0.25, -0.2) is 4.79 Å². The molecule has 4 heteroatoms. The van der Waals surface area contributed by atoms with Crippen LogP contribution in [0, 0.1) is 34.5 Å². The molecule has 0 radical (unpaired) electrons. The summed E-state index contributed by atoms with van der Waals surface area (Å²) in [6.07, 6.45) is 15.1. The van der Waals surface area contributed by atoms with Crippen LogP contribution in [0.15, 0.2) is 12.2 Å². The highest BCUT2D eigenvalue weighted by Gasteiger charge is 2.60. The van der Waals surface area contributed by atoms with Gasteiger partial charge in [-0.3, -0.25) is 0 Å². The summed E-state index contributed by atoms with van der Waals surface area (Å²) in [7, 11) is 0. The van der Waals surface area contributed by atoms with Gasteiger partial charge in [0, 0.05) is 12.0 Å². The minimum absolute atomic E-state index is 0.0207. The second kappa shape index (κ2) is 8.84. The van der Waals surface area contributed by atoms with E-state index in [1.54, 1.807) is 0 Å². The number of carbonyl (C=O) groups excluding carboxylic acids is 1. The highest BCUT2D eigenvalue weighted by atomic mass is 16.7. The molecule has 4 nitrogen and oxygen atoms in total. The number of unbranched alkanes of at least 4 members (excludes halogenated alkanes) is 1. The molecule has 4 rings (SSSR count). The van der Waals surface area contributed by atoms with Crippen molar-refractivity contribution in [3.05, 3.63) is 12.2 Å². The van der Waals surface area contributed by atoms with E-state index < -0.39 is 6.16 Å². The Kier molecular flexibility index (Phi) is 6.53. The number of allylic oxidation sites excluding steroid dienone is 1. The Morgan fingerprint density at radius 1 is 1.07 bits per heavy atom. The zero-order chi connectivity index (χ0) is 21.4. The summed E-state index contributed by atoms with van der Waals surface area (Å²) in [4.78, 5) is 12.2. The van der Waals surface area contributed by atoms with Crippen LogP contribution in [-0.2, 0) is 14.2 Å². The van der Waals surface area contributed by atoms with E-state index in [-0.39, 0.29) is 11.5 Å². The van der Waals surface area contributed by atoms with Crippen LogP contribution < -0.4 is 0 Å². The SMILES string of the molecule is CCCCOC(=O)O[C@H]1CC[C@H]2[C@@H]3CC[C@H]4C[C@@H](OCC)C=C[C@]4(C)[C@H]3CC[C@]12C. The largest absolute Gasteiger partial charge is 0.508 e. The summed E-state index contributed by atoms with van der Waals surface area (Å²) in [6, 6.07) is 0. The van der Waals surface area contributed by atoms with E-state index in [4.69, 9.17) is 14.2 Å². The smallest absolute Gasteiger partial charge is 0.434 e. The monoisotopic (exact) mass is 418 g/mol. The third kappa shape index (κ3) is 3.82. The first-order valence-corrected chi connectivity index (χ1v) is 12.6. The van der Waals surface area contributed by atoms with Crippen LogP contribution in [0.2, 0.25) is 0 Å². The molecule has 170 valence electrons. The molecule has 0 aliphatic heterocycles. The fourth-order valence-electron chi connectivity index (χ4n) is 7.71. The maximum Gasteiger partial charge on any atom is 0.508 e. The fraction of sp³-hybridized carbons (Fsp3) is 0.885. The van der Waals surface area contributed by atoms with Crippen LogP contribution >= 0.6 is 0 Å². The van der Waals surface area contributed by atoms with Crippen LogP contribution in [-0.4, -0.2) is 31.6 Å². The molecule has 4 aliphatic carbocycles. The lowest BCUT2D eigenvalue weighted by molar-refractivity contribution is -0.109. The maximum atomic E-state index is 12.2. The Morgan fingerprint density at radius 3 is 2.67 bits per heavy atom. The predicted molar refractivity (Wildman–Crippen MR) is 118 cm³/mol. The lowest BCUT2D eigenvalue weighted by atomic mass is 9.46. The van der Waals surface area contributed by atoms with E-state index in [1.807, 2.05) is 0 Å². The summed E-state index contributed by atoms with van der Waals surface area (Å²) in [5, 5.41) is 0. The van der Waals surface area contributed by atoms with Crippen LogP contribution in [0.1, 0.15) is 85.5 Å². The van der Waals surface area contributed by atoms with Crippen molar-refractivity contribution in [3.63, 3.8) is 0 Å². The normalized spacial score (nSPS) is 44.7. The van der Waals surface area contributed by atoms with E-state index in [1.165, 1.54) is 32.1 Å². The molecule has 0 aromatic rings. The predicted octanol–water partition coefficient (Wildman–Crippen LogP) is 6.53. The van der Waals surface area contributed by atoms with Gasteiger partial charge in [0.2, 0.25) is 0 Å². The van der Waals surface area contributed by atoms with Gasteiger partial charge in [-0.1, -0.05) is 39.3 Å². The first-order valence-electron chi connectivity index (χ1n) is 12.6. The fourth-order valence-corrected chi connectivity index (χ4v) is 7.71. The number of carbonyl (C=O) groups is 1. The molecule has 0 N–H and O–H groups in total. The van der Waals surface area contributed by atoms with Crippen molar-refractivity contribution >= 4 is 6.16 Å². The van der Waals surface area contributed by atoms with E-state index in [9.17, 15) is 4.79 Å².